The van der Waals surface area contributed by atoms with E-state index >= 15 is 0 Å². The molecule has 0 fully saturated rings. The first-order valence-corrected chi connectivity index (χ1v) is 9.49. The zero-order valence-electron chi connectivity index (χ0n) is 17.0. The maximum absolute atomic E-state index is 13.2. The van der Waals surface area contributed by atoms with Gasteiger partial charge in [0.1, 0.15) is 11.5 Å². The Labute approximate surface area is 180 Å². The highest BCUT2D eigenvalue weighted by molar-refractivity contribution is 5.96. The highest BCUT2D eigenvalue weighted by Crippen LogP contribution is 2.37. The van der Waals surface area contributed by atoms with Gasteiger partial charge in [-0.15, -0.1) is 0 Å². The van der Waals surface area contributed by atoms with Gasteiger partial charge in [0.15, 0.2) is 0 Å². The maximum Gasteiger partial charge on any atom is 0.417 e. The van der Waals surface area contributed by atoms with E-state index in [0.717, 1.165) is 23.6 Å². The van der Waals surface area contributed by atoms with Gasteiger partial charge in [-0.25, -0.2) is 24.8 Å². The third kappa shape index (κ3) is 4.02. The highest BCUT2D eigenvalue weighted by atomic mass is 19.4. The summed E-state index contributed by atoms with van der Waals surface area (Å²) >= 11 is 0. The molecular weight excluding hydrogens is 421 g/mol. The van der Waals surface area contributed by atoms with Crippen LogP contribution in [0.2, 0.25) is 0 Å². The normalized spacial score (nSPS) is 12.4. The first-order chi connectivity index (χ1) is 15.3. The molecule has 0 aliphatic rings. The monoisotopic (exact) mass is 438 g/mol. The Hall–Kier alpha value is -4.20. The number of fused-ring (bicyclic) bond motifs is 1. The summed E-state index contributed by atoms with van der Waals surface area (Å²) in [7, 11) is 1.77. The Morgan fingerprint density at radius 3 is 2.59 bits per heavy atom. The molecular formula is C21H17F3N8. The molecule has 0 aliphatic heterocycles. The first-order valence-electron chi connectivity index (χ1n) is 9.49. The molecule has 0 bridgehead atoms. The Bertz CT molecular complexity index is 1310. The van der Waals surface area contributed by atoms with Crippen LogP contribution in [0.25, 0.3) is 27.1 Å². The van der Waals surface area contributed by atoms with Gasteiger partial charge in [0.05, 0.1) is 23.9 Å². The topological polar surface area (TPSA) is 95.8 Å². The van der Waals surface area contributed by atoms with Gasteiger partial charge >= 0.3 is 6.18 Å². The molecule has 0 amide bonds. The Balaban J connectivity index is 1.72. The number of pyridine rings is 2. The summed E-state index contributed by atoms with van der Waals surface area (Å²) in [5, 5.41) is 6.30. The largest absolute Gasteiger partial charge is 0.417 e. The molecule has 8 nitrogen and oxygen atoms in total. The summed E-state index contributed by atoms with van der Waals surface area (Å²) in [5.41, 5.74) is 0.925. The van der Waals surface area contributed by atoms with E-state index in [0.29, 0.717) is 5.56 Å². The van der Waals surface area contributed by atoms with Crippen LogP contribution in [0.1, 0.15) is 24.1 Å². The second-order valence-electron chi connectivity index (χ2n) is 6.95. The molecule has 3 N–H and O–H groups in total. The van der Waals surface area contributed by atoms with Crippen molar-refractivity contribution in [1.82, 2.24) is 24.9 Å². The molecule has 4 aromatic rings. The van der Waals surface area contributed by atoms with Crippen LogP contribution in [0, 0.1) is 6.57 Å². The molecule has 4 heterocycles. The van der Waals surface area contributed by atoms with Crippen molar-refractivity contribution in [2.75, 3.05) is 17.7 Å². The van der Waals surface area contributed by atoms with Crippen LogP contribution in [0.3, 0.4) is 0 Å². The quantitative estimate of drug-likeness (QED) is 0.371. The molecule has 0 radical (unpaired) electrons. The summed E-state index contributed by atoms with van der Waals surface area (Å²) in [5.74, 6) is 0.957. The minimum Gasteiger partial charge on any atom is -0.373 e. The minimum atomic E-state index is -4.54. The molecule has 0 aliphatic carbocycles. The number of hydrogen-bond acceptors (Lipinski definition) is 6. The molecule has 32 heavy (non-hydrogen) atoms. The lowest BCUT2D eigenvalue weighted by atomic mass is 10.1. The summed E-state index contributed by atoms with van der Waals surface area (Å²) in [6.45, 7) is 9.32. The van der Waals surface area contributed by atoms with Crippen molar-refractivity contribution < 1.29 is 13.2 Å². The zero-order chi connectivity index (χ0) is 22.9. The number of rotatable bonds is 5. The summed E-state index contributed by atoms with van der Waals surface area (Å²) < 4.78 is 39.5. The fraction of sp³-hybridized carbons (Fsp3) is 0.190. The van der Waals surface area contributed by atoms with Gasteiger partial charge in [0, 0.05) is 42.8 Å². The van der Waals surface area contributed by atoms with Crippen LogP contribution in [-0.2, 0) is 6.18 Å². The molecule has 0 saturated heterocycles. The summed E-state index contributed by atoms with van der Waals surface area (Å²) in [6, 6.07) is 4.52. The molecule has 0 spiro atoms. The lowest BCUT2D eigenvalue weighted by molar-refractivity contribution is -0.137. The van der Waals surface area contributed by atoms with Crippen molar-refractivity contribution in [3.63, 3.8) is 0 Å². The number of aromatic amines is 1. The van der Waals surface area contributed by atoms with Crippen molar-refractivity contribution in [2.24, 2.45) is 0 Å². The number of aromatic nitrogens is 5. The standard InChI is InChI=1S/C21H17F3N8/c1-11(12-4-5-17(26-3)27-7-12)31-20-30-10-16(25-2)18(32-20)15-9-29-19-14(15)6-13(8-28-19)21(22,23)24/h4-11H,1,3H3,(H,26,27)(H,28,29)(H,30,31,32). The molecule has 11 heteroatoms. The van der Waals surface area contributed by atoms with Crippen molar-refractivity contribution in [3.8, 4) is 11.3 Å². The fourth-order valence-electron chi connectivity index (χ4n) is 3.17. The molecule has 4 rings (SSSR count). The van der Waals surface area contributed by atoms with Gasteiger partial charge in [-0.05, 0) is 24.6 Å². The van der Waals surface area contributed by atoms with Crippen LogP contribution in [0.5, 0.6) is 0 Å². The minimum absolute atomic E-state index is 0.113. The van der Waals surface area contributed by atoms with E-state index in [1.807, 2.05) is 19.1 Å². The van der Waals surface area contributed by atoms with E-state index in [9.17, 15) is 13.2 Å². The number of anilines is 2. The van der Waals surface area contributed by atoms with Gasteiger partial charge < -0.3 is 15.6 Å². The second-order valence-corrected chi connectivity index (χ2v) is 6.95. The zero-order valence-corrected chi connectivity index (χ0v) is 17.0. The molecule has 0 aromatic carbocycles. The van der Waals surface area contributed by atoms with Crippen molar-refractivity contribution in [2.45, 2.75) is 19.1 Å². The van der Waals surface area contributed by atoms with E-state index in [1.165, 1.54) is 12.4 Å². The Morgan fingerprint density at radius 2 is 1.94 bits per heavy atom. The van der Waals surface area contributed by atoms with Crippen LogP contribution < -0.4 is 10.6 Å². The van der Waals surface area contributed by atoms with E-state index in [4.69, 9.17) is 6.57 Å². The van der Waals surface area contributed by atoms with E-state index in [-0.39, 0.29) is 34.4 Å². The van der Waals surface area contributed by atoms with Crippen LogP contribution in [0.15, 0.2) is 43.0 Å². The third-order valence-electron chi connectivity index (χ3n) is 4.89. The van der Waals surface area contributed by atoms with Crippen LogP contribution >= 0.6 is 0 Å². The Morgan fingerprint density at radius 1 is 1.12 bits per heavy atom. The molecule has 0 saturated carbocycles. The number of nitrogens with one attached hydrogen (secondary N) is 3. The van der Waals surface area contributed by atoms with Crippen LogP contribution in [0.4, 0.5) is 30.6 Å². The lowest BCUT2D eigenvalue weighted by Crippen LogP contribution is -2.10. The highest BCUT2D eigenvalue weighted by Gasteiger charge is 2.31. The van der Waals surface area contributed by atoms with Gasteiger partial charge in [-0.2, -0.15) is 13.2 Å². The predicted octanol–water partition coefficient (Wildman–Crippen LogP) is 5.20. The second kappa shape index (κ2) is 8.14. The third-order valence-corrected chi connectivity index (χ3v) is 4.89. The number of H-pyrrole nitrogens is 1. The number of alkyl halides is 3. The van der Waals surface area contributed by atoms with E-state index < -0.39 is 11.7 Å². The summed E-state index contributed by atoms with van der Waals surface area (Å²) in [4.78, 5) is 23.0. The van der Waals surface area contributed by atoms with Crippen molar-refractivity contribution in [3.05, 3.63) is 65.5 Å². The predicted molar refractivity (Wildman–Crippen MR) is 114 cm³/mol. The number of nitrogens with zero attached hydrogens (tertiary/aromatic N) is 5. The van der Waals surface area contributed by atoms with Gasteiger partial charge in [-0.3, -0.25) is 0 Å². The van der Waals surface area contributed by atoms with E-state index in [2.05, 4.69) is 40.4 Å². The molecule has 1 atom stereocenters. The number of hydrogen-bond donors (Lipinski definition) is 3. The van der Waals surface area contributed by atoms with Crippen LogP contribution in [-0.4, -0.2) is 32.0 Å². The number of halogens is 3. The fourth-order valence-corrected chi connectivity index (χ4v) is 3.17. The molecule has 4 aromatic heterocycles. The van der Waals surface area contributed by atoms with Gasteiger partial charge in [0.2, 0.25) is 11.6 Å². The molecule has 1 unspecified atom stereocenters. The van der Waals surface area contributed by atoms with Crippen molar-refractivity contribution >= 4 is 28.5 Å². The SMILES string of the molecule is [C-]#[N+]c1cnc(NC(C)c2ccc(NC)nc2)nc1-c1c[nH]c2ncc(C(F)(F)F)cc12. The first kappa shape index (κ1) is 21.0. The maximum atomic E-state index is 13.2. The average Bonchev–Trinajstić information content (AvgIpc) is 3.21. The smallest absolute Gasteiger partial charge is 0.373 e. The molecule has 162 valence electrons. The van der Waals surface area contributed by atoms with Crippen molar-refractivity contribution in [1.29, 1.82) is 0 Å². The summed E-state index contributed by atoms with van der Waals surface area (Å²) in [6.07, 6.45) is 0.764. The van der Waals surface area contributed by atoms with Gasteiger partial charge in [0.25, 0.3) is 0 Å². The van der Waals surface area contributed by atoms with E-state index in [1.54, 1.807) is 13.2 Å². The Kier molecular flexibility index (Phi) is 5.36. The lowest BCUT2D eigenvalue weighted by Gasteiger charge is -2.15. The average molecular weight is 438 g/mol. The van der Waals surface area contributed by atoms with Gasteiger partial charge in [-0.1, -0.05) is 6.07 Å².